The molecule has 1 atom stereocenters. The number of alkyl halides is 3. The molecule has 0 spiro atoms. The summed E-state index contributed by atoms with van der Waals surface area (Å²) in [5, 5.41) is 8.33. The molecule has 1 aliphatic carbocycles. The molecule has 1 unspecified atom stereocenters. The minimum absolute atomic E-state index is 0.162. The second kappa shape index (κ2) is 12.9. The number of urea groups is 1. The fourth-order valence-corrected chi connectivity index (χ4v) is 6.88. The maximum absolute atomic E-state index is 13.4. The zero-order chi connectivity index (χ0) is 33.3. The van der Waals surface area contributed by atoms with Gasteiger partial charge in [-0.05, 0) is 73.6 Å². The smallest absolute Gasteiger partial charge is 0.497 e. The van der Waals surface area contributed by atoms with E-state index in [9.17, 15) is 18.0 Å². The Labute approximate surface area is 275 Å². The number of amidine groups is 1. The van der Waals surface area contributed by atoms with Gasteiger partial charge in [0.25, 0.3) is 0 Å². The number of aliphatic imine (C=N–C) groups is 1. The molecular weight excluding hydrogens is 629 g/mol. The summed E-state index contributed by atoms with van der Waals surface area (Å²) in [6, 6.07) is 18.9. The van der Waals surface area contributed by atoms with E-state index in [0.29, 0.717) is 16.7 Å². The lowest BCUT2D eigenvalue weighted by atomic mass is 9.99. The minimum atomic E-state index is -4.76. The summed E-state index contributed by atoms with van der Waals surface area (Å²) in [7, 11) is 1.65. The Bertz CT molecular complexity index is 1770. The van der Waals surface area contributed by atoms with Crippen molar-refractivity contribution in [1.29, 1.82) is 0 Å². The lowest BCUT2D eigenvalue weighted by Crippen LogP contribution is -2.43. The number of carbonyl (C=O) groups excluding carboxylic acids is 1. The summed E-state index contributed by atoms with van der Waals surface area (Å²) in [5.74, 6) is 2.05. The molecule has 2 amide bonds. The molecule has 47 heavy (non-hydrogen) atoms. The van der Waals surface area contributed by atoms with E-state index in [2.05, 4.69) is 56.9 Å². The van der Waals surface area contributed by atoms with Crippen LogP contribution in [-0.4, -0.2) is 51.2 Å². The SMILES string of the molecule is COc1ccc(C(C)C)c(N2/C(=N/C(=O)NC3(c4ccc(-c5ncn(-c6ccc(OC(F)(F)F)cc6)n5)cc4)CC3)SCCC2C)c1. The molecule has 4 aromatic rings. The molecule has 1 N–H and O–H groups in total. The van der Waals surface area contributed by atoms with Crippen LogP contribution in [0.5, 0.6) is 11.5 Å². The van der Waals surface area contributed by atoms with Crippen molar-refractivity contribution in [3.8, 4) is 28.6 Å². The van der Waals surface area contributed by atoms with Gasteiger partial charge in [-0.25, -0.2) is 14.5 Å². The Kier molecular flexibility index (Phi) is 8.93. The predicted molar refractivity (Wildman–Crippen MR) is 176 cm³/mol. The number of nitrogens with zero attached hydrogens (tertiary/aromatic N) is 5. The van der Waals surface area contributed by atoms with Crippen molar-refractivity contribution in [1.82, 2.24) is 20.1 Å². The summed E-state index contributed by atoms with van der Waals surface area (Å²) in [4.78, 5) is 24.6. The van der Waals surface area contributed by atoms with E-state index in [1.807, 2.05) is 36.4 Å². The van der Waals surface area contributed by atoms with Crippen molar-refractivity contribution in [2.75, 3.05) is 17.8 Å². The molecule has 246 valence electrons. The molecule has 0 radical (unpaired) electrons. The third-order valence-corrected chi connectivity index (χ3v) is 9.33. The molecule has 1 saturated carbocycles. The first kappa shape index (κ1) is 32.4. The number of nitrogens with one attached hydrogen (secondary N) is 1. The average Bonchev–Trinajstić information content (AvgIpc) is 3.64. The monoisotopic (exact) mass is 664 g/mol. The molecule has 1 saturated heterocycles. The van der Waals surface area contributed by atoms with Crippen LogP contribution in [0.25, 0.3) is 17.1 Å². The fraction of sp³-hybridized carbons (Fsp3) is 0.353. The molecular formula is C34H35F3N6O3S. The number of ether oxygens (including phenoxy) is 2. The van der Waals surface area contributed by atoms with Crippen LogP contribution in [-0.2, 0) is 5.54 Å². The first-order valence-electron chi connectivity index (χ1n) is 15.3. The van der Waals surface area contributed by atoms with Crippen molar-refractivity contribution in [3.63, 3.8) is 0 Å². The number of methoxy groups -OCH3 is 1. The van der Waals surface area contributed by atoms with Gasteiger partial charge in [-0.3, -0.25) is 0 Å². The Hall–Kier alpha value is -4.52. The Balaban J connectivity index is 1.16. The first-order chi connectivity index (χ1) is 22.4. The maximum atomic E-state index is 13.4. The van der Waals surface area contributed by atoms with Crippen LogP contribution in [0.1, 0.15) is 57.1 Å². The van der Waals surface area contributed by atoms with Crippen LogP contribution in [0, 0.1) is 0 Å². The third-order valence-electron chi connectivity index (χ3n) is 8.35. The van der Waals surface area contributed by atoms with E-state index in [-0.39, 0.29) is 23.7 Å². The average molecular weight is 665 g/mol. The summed E-state index contributed by atoms with van der Waals surface area (Å²) >= 11 is 1.58. The van der Waals surface area contributed by atoms with Gasteiger partial charge in [0.05, 0.1) is 24.0 Å². The molecule has 1 aromatic heterocycles. The Morgan fingerprint density at radius 1 is 1.06 bits per heavy atom. The standard InChI is InChI=1S/C34H35F3N6O3S/c1-21(2)28-14-13-27(45-4)19-29(28)43-22(3)15-18-47-32(43)39-31(44)40-33(16-17-33)24-7-5-23(6-8-24)30-38-20-42(41-30)25-9-11-26(12-10-25)46-34(35,36)37/h5-14,19-22H,15-18H2,1-4H3,(H,40,44)/b39-32-. The summed E-state index contributed by atoms with van der Waals surface area (Å²) < 4.78 is 48.4. The molecule has 0 bridgehead atoms. The number of hydrogen-bond acceptors (Lipinski definition) is 6. The fourth-order valence-electron chi connectivity index (χ4n) is 5.67. The van der Waals surface area contributed by atoms with Gasteiger partial charge in [0.2, 0.25) is 0 Å². The largest absolute Gasteiger partial charge is 0.573 e. The zero-order valence-electron chi connectivity index (χ0n) is 26.4. The second-order valence-corrected chi connectivity index (χ2v) is 13.0. The van der Waals surface area contributed by atoms with Crippen molar-refractivity contribution < 1.29 is 27.4 Å². The van der Waals surface area contributed by atoms with E-state index in [1.54, 1.807) is 18.9 Å². The van der Waals surface area contributed by atoms with Crippen LogP contribution in [0.4, 0.5) is 23.7 Å². The number of anilines is 1. The van der Waals surface area contributed by atoms with Crippen LogP contribution in [0.15, 0.2) is 78.0 Å². The highest BCUT2D eigenvalue weighted by Crippen LogP contribution is 2.46. The molecule has 3 aromatic carbocycles. The minimum Gasteiger partial charge on any atom is -0.497 e. The topological polar surface area (TPSA) is 93.9 Å². The molecule has 1 aliphatic heterocycles. The molecule has 6 rings (SSSR count). The second-order valence-electron chi connectivity index (χ2n) is 12.0. The van der Waals surface area contributed by atoms with E-state index in [1.165, 1.54) is 40.8 Å². The van der Waals surface area contributed by atoms with Gasteiger partial charge in [-0.15, -0.1) is 18.3 Å². The van der Waals surface area contributed by atoms with Crippen molar-refractivity contribution >= 4 is 28.6 Å². The van der Waals surface area contributed by atoms with Crippen molar-refractivity contribution in [3.05, 3.63) is 84.2 Å². The highest BCUT2D eigenvalue weighted by atomic mass is 32.2. The highest BCUT2D eigenvalue weighted by molar-refractivity contribution is 8.14. The van der Waals surface area contributed by atoms with E-state index >= 15 is 0 Å². The number of hydrogen-bond donors (Lipinski definition) is 1. The van der Waals surface area contributed by atoms with Crippen molar-refractivity contribution in [2.24, 2.45) is 4.99 Å². The van der Waals surface area contributed by atoms with Crippen LogP contribution >= 0.6 is 11.8 Å². The Morgan fingerprint density at radius 2 is 1.77 bits per heavy atom. The van der Waals surface area contributed by atoms with Crippen LogP contribution in [0.2, 0.25) is 0 Å². The number of carbonyl (C=O) groups is 1. The number of aromatic nitrogens is 3. The molecule has 2 fully saturated rings. The van der Waals surface area contributed by atoms with Crippen LogP contribution < -0.4 is 19.7 Å². The van der Waals surface area contributed by atoms with Crippen molar-refractivity contribution in [2.45, 2.75) is 63.9 Å². The van der Waals surface area contributed by atoms with Gasteiger partial charge in [0.1, 0.15) is 17.8 Å². The zero-order valence-corrected chi connectivity index (χ0v) is 27.2. The molecule has 2 heterocycles. The lowest BCUT2D eigenvalue weighted by molar-refractivity contribution is -0.274. The van der Waals surface area contributed by atoms with Gasteiger partial charge in [0.15, 0.2) is 11.0 Å². The summed E-state index contributed by atoms with van der Waals surface area (Å²) in [6.07, 6.45) is -0.706. The number of benzene rings is 3. The Morgan fingerprint density at radius 3 is 2.40 bits per heavy atom. The predicted octanol–water partition coefficient (Wildman–Crippen LogP) is 8.05. The van der Waals surface area contributed by atoms with Gasteiger partial charge < -0.3 is 19.7 Å². The lowest BCUT2D eigenvalue weighted by Gasteiger charge is -2.37. The van der Waals surface area contributed by atoms with Gasteiger partial charge in [-0.1, -0.05) is 55.9 Å². The van der Waals surface area contributed by atoms with Gasteiger partial charge >= 0.3 is 12.4 Å². The van der Waals surface area contributed by atoms with Gasteiger partial charge in [-0.2, -0.15) is 4.99 Å². The third kappa shape index (κ3) is 7.24. The molecule has 2 aliphatic rings. The van der Waals surface area contributed by atoms with E-state index < -0.39 is 11.9 Å². The molecule has 13 heteroatoms. The number of amides is 2. The first-order valence-corrected chi connectivity index (χ1v) is 16.3. The maximum Gasteiger partial charge on any atom is 0.573 e. The van der Waals surface area contributed by atoms with Crippen LogP contribution in [0.3, 0.4) is 0 Å². The number of thioether (sulfide) groups is 1. The molecule has 9 nitrogen and oxygen atoms in total. The highest BCUT2D eigenvalue weighted by Gasteiger charge is 2.46. The normalized spacial score (nSPS) is 18.3. The van der Waals surface area contributed by atoms with E-state index in [4.69, 9.17) is 4.74 Å². The quantitative estimate of drug-likeness (QED) is 0.204. The summed E-state index contributed by atoms with van der Waals surface area (Å²) in [5.41, 5.74) is 3.93. The van der Waals surface area contributed by atoms with Gasteiger partial charge in [0, 0.05) is 23.4 Å². The number of rotatable bonds is 8. The van der Waals surface area contributed by atoms with E-state index in [0.717, 1.165) is 47.6 Å². The number of halogens is 3. The summed E-state index contributed by atoms with van der Waals surface area (Å²) in [6.45, 7) is 6.46.